The van der Waals surface area contributed by atoms with Crippen LogP contribution in [0.2, 0.25) is 0 Å². The van der Waals surface area contributed by atoms with Crippen LogP contribution in [-0.2, 0) is 16.1 Å². The van der Waals surface area contributed by atoms with Crippen molar-refractivity contribution in [3.8, 4) is 5.75 Å². The van der Waals surface area contributed by atoms with E-state index >= 15 is 0 Å². The number of carbonyl (C=O) groups excluding carboxylic acids is 1. The number of hydrogen-bond acceptors (Lipinski definition) is 6. The van der Waals surface area contributed by atoms with Crippen LogP contribution in [0.15, 0.2) is 29.1 Å². The van der Waals surface area contributed by atoms with Gasteiger partial charge in [-0.15, -0.1) is 0 Å². The molecule has 1 aliphatic rings. The molecule has 0 aliphatic heterocycles. The van der Waals surface area contributed by atoms with Gasteiger partial charge in [-0.05, 0) is 50.5 Å². The Kier molecular flexibility index (Phi) is 5.72. The molecule has 1 fully saturated rings. The fourth-order valence-electron chi connectivity index (χ4n) is 3.99. The quantitative estimate of drug-likeness (QED) is 0.399. The van der Waals surface area contributed by atoms with E-state index in [9.17, 15) is 9.59 Å². The number of carbonyl (C=O) groups is 1. The van der Waals surface area contributed by atoms with Gasteiger partial charge in [0.2, 0.25) is 0 Å². The molecular formula is C23H27N3O4. The molecule has 0 unspecified atom stereocenters. The maximum Gasteiger partial charge on any atom is 0.199 e. The zero-order chi connectivity index (χ0) is 21.3. The van der Waals surface area contributed by atoms with Gasteiger partial charge < -0.3 is 23.7 Å². The van der Waals surface area contributed by atoms with Crippen LogP contribution in [0.25, 0.3) is 21.9 Å². The Morgan fingerprint density at radius 2 is 2.00 bits per heavy atom. The summed E-state index contributed by atoms with van der Waals surface area (Å²) in [5.74, 6) is 1.42. The average molecular weight is 409 g/mol. The van der Waals surface area contributed by atoms with Gasteiger partial charge in [-0.2, -0.15) is 0 Å². The van der Waals surface area contributed by atoms with Gasteiger partial charge in [0, 0.05) is 19.7 Å². The van der Waals surface area contributed by atoms with Crippen LogP contribution in [0, 0.1) is 6.92 Å². The van der Waals surface area contributed by atoms with Crippen LogP contribution in [0.3, 0.4) is 0 Å². The molecule has 0 bridgehead atoms. The van der Waals surface area contributed by atoms with Crippen LogP contribution in [0.1, 0.15) is 25.3 Å². The van der Waals surface area contributed by atoms with E-state index in [2.05, 4.69) is 4.90 Å². The zero-order valence-electron chi connectivity index (χ0n) is 17.7. The van der Waals surface area contributed by atoms with E-state index in [0.717, 1.165) is 37.1 Å². The minimum absolute atomic E-state index is 0.0920. The molecule has 0 saturated heterocycles. The van der Waals surface area contributed by atoms with E-state index in [-0.39, 0.29) is 12.0 Å². The van der Waals surface area contributed by atoms with Gasteiger partial charge in [0.15, 0.2) is 5.43 Å². The van der Waals surface area contributed by atoms with Crippen molar-refractivity contribution in [1.82, 2.24) is 9.55 Å². The number of benzene rings is 1. The van der Waals surface area contributed by atoms with Gasteiger partial charge in [0.1, 0.15) is 23.5 Å². The van der Waals surface area contributed by atoms with Crippen LogP contribution >= 0.6 is 0 Å². The lowest BCUT2D eigenvalue weighted by Gasteiger charge is -2.24. The van der Waals surface area contributed by atoms with E-state index in [1.54, 1.807) is 13.2 Å². The molecule has 3 aromatic rings. The van der Waals surface area contributed by atoms with Gasteiger partial charge in [0.25, 0.3) is 0 Å². The summed E-state index contributed by atoms with van der Waals surface area (Å²) in [7, 11) is 1.68. The van der Waals surface area contributed by atoms with E-state index in [4.69, 9.17) is 14.5 Å². The predicted molar refractivity (Wildman–Crippen MR) is 118 cm³/mol. The number of nitrogens with zero attached hydrogens (tertiary/aromatic N) is 3. The topological polar surface area (TPSA) is 73.7 Å². The van der Waals surface area contributed by atoms with E-state index in [1.807, 2.05) is 36.6 Å². The third kappa shape index (κ3) is 3.54. The number of aromatic nitrogens is 2. The van der Waals surface area contributed by atoms with Crippen LogP contribution in [0.4, 0.5) is 5.82 Å². The molecule has 0 N–H and O–H groups in total. The molecule has 0 atom stereocenters. The van der Waals surface area contributed by atoms with E-state index in [1.165, 1.54) is 0 Å². The molecule has 2 heterocycles. The minimum Gasteiger partial charge on any atom is -0.491 e. The van der Waals surface area contributed by atoms with Crippen LogP contribution in [0.5, 0.6) is 5.75 Å². The summed E-state index contributed by atoms with van der Waals surface area (Å²) in [6, 6.07) is 7.85. The first-order valence-electron chi connectivity index (χ1n) is 10.4. The summed E-state index contributed by atoms with van der Waals surface area (Å²) >= 11 is 0. The molecule has 4 rings (SSSR count). The minimum atomic E-state index is -0.1000. The summed E-state index contributed by atoms with van der Waals surface area (Å²) < 4.78 is 13.0. The second-order valence-corrected chi connectivity index (χ2v) is 7.61. The molecule has 0 amide bonds. The van der Waals surface area contributed by atoms with Crippen molar-refractivity contribution in [2.75, 3.05) is 31.8 Å². The maximum atomic E-state index is 13.3. The molecule has 1 aliphatic carbocycles. The van der Waals surface area contributed by atoms with Crippen molar-refractivity contribution >= 4 is 34.0 Å². The third-order valence-electron chi connectivity index (χ3n) is 5.57. The fourth-order valence-corrected chi connectivity index (χ4v) is 3.99. The number of fused-ring (bicyclic) bond motifs is 2. The van der Waals surface area contributed by atoms with Crippen molar-refractivity contribution in [3.63, 3.8) is 0 Å². The Bertz CT molecular complexity index is 1150. The molecule has 0 radical (unpaired) electrons. The molecule has 7 nitrogen and oxygen atoms in total. The number of hydrogen-bond donors (Lipinski definition) is 0. The lowest BCUT2D eigenvalue weighted by Crippen LogP contribution is -2.30. The Morgan fingerprint density at radius 1 is 1.23 bits per heavy atom. The van der Waals surface area contributed by atoms with Crippen molar-refractivity contribution in [3.05, 3.63) is 40.1 Å². The highest BCUT2D eigenvalue weighted by Gasteiger charge is 2.30. The largest absolute Gasteiger partial charge is 0.491 e. The Hall–Kier alpha value is -2.93. The molecule has 7 heteroatoms. The van der Waals surface area contributed by atoms with Gasteiger partial charge in [-0.25, -0.2) is 4.98 Å². The summed E-state index contributed by atoms with van der Waals surface area (Å²) in [5, 5.41) is 1.04. The second kappa shape index (κ2) is 8.44. The Morgan fingerprint density at radius 3 is 2.67 bits per heavy atom. The highest BCUT2D eigenvalue weighted by atomic mass is 16.5. The molecular weight excluding hydrogens is 382 g/mol. The Labute approximate surface area is 175 Å². The van der Waals surface area contributed by atoms with Crippen molar-refractivity contribution in [2.45, 2.75) is 39.3 Å². The molecule has 30 heavy (non-hydrogen) atoms. The average Bonchev–Trinajstić information content (AvgIpc) is 3.58. The standard InChI is InChI=1S/C23H27N3O4/c1-4-30-22-15(2)5-8-17-20(22)26(11-13-27)23-18(21(17)28)9-10-19(24-23)25(12-14-29-3)16-6-7-16/h5,8-10,13,16H,4,6-7,11-12,14H2,1-3H3. The number of anilines is 1. The van der Waals surface area contributed by atoms with E-state index in [0.29, 0.717) is 46.9 Å². The van der Waals surface area contributed by atoms with Crippen LogP contribution in [-0.4, -0.2) is 48.7 Å². The molecule has 2 aromatic heterocycles. The summed E-state index contributed by atoms with van der Waals surface area (Å²) in [6.45, 7) is 5.73. The highest BCUT2D eigenvalue weighted by molar-refractivity contribution is 5.96. The first kappa shape index (κ1) is 20.3. The first-order chi connectivity index (χ1) is 14.6. The smallest absolute Gasteiger partial charge is 0.199 e. The summed E-state index contributed by atoms with van der Waals surface area (Å²) in [4.78, 5) is 32.0. The lowest BCUT2D eigenvalue weighted by molar-refractivity contribution is -0.108. The maximum absolute atomic E-state index is 13.3. The highest BCUT2D eigenvalue weighted by Crippen LogP contribution is 2.33. The molecule has 158 valence electrons. The number of ether oxygens (including phenoxy) is 2. The van der Waals surface area contributed by atoms with Gasteiger partial charge in [-0.3, -0.25) is 4.79 Å². The number of aldehydes is 1. The van der Waals surface area contributed by atoms with Crippen LogP contribution < -0.4 is 15.1 Å². The number of pyridine rings is 2. The number of aryl methyl sites for hydroxylation is 1. The predicted octanol–water partition coefficient (Wildman–Crippen LogP) is 3.07. The Balaban J connectivity index is 2.01. The van der Waals surface area contributed by atoms with Crippen molar-refractivity contribution in [1.29, 1.82) is 0 Å². The summed E-state index contributed by atoms with van der Waals surface area (Å²) in [5.41, 5.74) is 1.95. The monoisotopic (exact) mass is 409 g/mol. The van der Waals surface area contributed by atoms with Gasteiger partial charge in [-0.1, -0.05) is 6.07 Å². The zero-order valence-corrected chi connectivity index (χ0v) is 17.7. The van der Waals surface area contributed by atoms with Crippen molar-refractivity contribution < 1.29 is 14.3 Å². The number of rotatable bonds is 9. The van der Waals surface area contributed by atoms with Gasteiger partial charge in [0.05, 0.1) is 36.0 Å². The fraction of sp³-hybridized carbons (Fsp3) is 0.435. The van der Waals surface area contributed by atoms with Crippen molar-refractivity contribution in [2.24, 2.45) is 0 Å². The SMILES string of the molecule is CCOc1c(C)ccc2c(=O)c3ccc(N(CCOC)C4CC4)nc3n(CC=O)c12. The van der Waals surface area contributed by atoms with E-state index < -0.39 is 0 Å². The molecule has 1 aromatic carbocycles. The number of methoxy groups -OCH3 is 1. The third-order valence-corrected chi connectivity index (χ3v) is 5.57. The summed E-state index contributed by atoms with van der Waals surface area (Å²) in [6.07, 6.45) is 3.07. The lowest BCUT2D eigenvalue weighted by atomic mass is 10.1. The first-order valence-corrected chi connectivity index (χ1v) is 10.4. The second-order valence-electron chi connectivity index (χ2n) is 7.61. The van der Waals surface area contributed by atoms with Gasteiger partial charge >= 0.3 is 0 Å². The molecule has 0 spiro atoms. The molecule has 1 saturated carbocycles. The normalized spacial score (nSPS) is 13.7.